The number of aromatic nitrogens is 2. The van der Waals surface area contributed by atoms with E-state index in [1.807, 2.05) is 39.8 Å². The number of hydrogen-bond donors (Lipinski definition) is 0. The molecule has 0 saturated carbocycles. The SMILES string of the molecule is COc1ccc(-c2noc(CN(C)S(=O)(=O)c3c(C(C)C)cc(C(C)C)cc3C(C)C)n2)cc1OC. The average Bonchev–Trinajstić information content (AvgIpc) is 3.30. The molecule has 36 heavy (non-hydrogen) atoms. The van der Waals surface area contributed by atoms with E-state index in [0.29, 0.717) is 33.7 Å². The summed E-state index contributed by atoms with van der Waals surface area (Å²) in [5, 5.41) is 4.04. The molecule has 0 N–H and O–H groups in total. The Morgan fingerprint density at radius 2 is 1.47 bits per heavy atom. The molecule has 3 rings (SSSR count). The first-order valence-electron chi connectivity index (χ1n) is 12.1. The third kappa shape index (κ3) is 5.57. The molecule has 3 aromatic rings. The predicted molar refractivity (Wildman–Crippen MR) is 140 cm³/mol. The number of hydrogen-bond acceptors (Lipinski definition) is 7. The van der Waals surface area contributed by atoms with Gasteiger partial charge >= 0.3 is 0 Å². The van der Waals surface area contributed by atoms with Crippen LogP contribution in [0.15, 0.2) is 39.8 Å². The zero-order valence-corrected chi connectivity index (χ0v) is 23.4. The van der Waals surface area contributed by atoms with E-state index in [0.717, 1.165) is 16.7 Å². The zero-order chi connectivity index (χ0) is 26.8. The molecule has 0 fully saturated rings. The van der Waals surface area contributed by atoms with Crippen LogP contribution in [0.1, 0.15) is 81.9 Å². The summed E-state index contributed by atoms with van der Waals surface area (Å²) in [7, 11) is 0.816. The predicted octanol–water partition coefficient (Wildman–Crippen LogP) is 5.94. The Kier molecular flexibility index (Phi) is 8.46. The quantitative estimate of drug-likeness (QED) is 0.329. The highest BCUT2D eigenvalue weighted by Crippen LogP contribution is 2.37. The normalized spacial score (nSPS) is 12.2. The maximum absolute atomic E-state index is 13.9. The molecule has 0 bridgehead atoms. The van der Waals surface area contributed by atoms with Gasteiger partial charge in [-0.3, -0.25) is 0 Å². The van der Waals surface area contributed by atoms with Crippen LogP contribution < -0.4 is 9.47 Å². The van der Waals surface area contributed by atoms with Crippen molar-refractivity contribution in [1.82, 2.24) is 14.4 Å². The first-order chi connectivity index (χ1) is 16.9. The van der Waals surface area contributed by atoms with E-state index in [9.17, 15) is 8.42 Å². The third-order valence-electron chi connectivity index (χ3n) is 6.22. The van der Waals surface area contributed by atoms with Gasteiger partial charge in [-0.05, 0) is 52.6 Å². The van der Waals surface area contributed by atoms with Crippen LogP contribution in [0.2, 0.25) is 0 Å². The molecule has 0 radical (unpaired) electrons. The summed E-state index contributed by atoms with van der Waals surface area (Å²) in [6, 6.07) is 9.35. The van der Waals surface area contributed by atoms with Crippen molar-refractivity contribution < 1.29 is 22.4 Å². The van der Waals surface area contributed by atoms with Crippen molar-refractivity contribution in [1.29, 1.82) is 0 Å². The Labute approximate surface area is 214 Å². The number of rotatable bonds is 10. The van der Waals surface area contributed by atoms with Crippen LogP contribution in [-0.4, -0.2) is 44.1 Å². The zero-order valence-electron chi connectivity index (χ0n) is 22.6. The molecule has 196 valence electrons. The van der Waals surface area contributed by atoms with E-state index >= 15 is 0 Å². The topological polar surface area (TPSA) is 94.8 Å². The van der Waals surface area contributed by atoms with Gasteiger partial charge in [0.05, 0.1) is 25.7 Å². The molecule has 0 unspecified atom stereocenters. The van der Waals surface area contributed by atoms with Crippen LogP contribution in [0.3, 0.4) is 0 Å². The second-order valence-electron chi connectivity index (χ2n) is 9.84. The molecule has 0 spiro atoms. The first-order valence-corrected chi connectivity index (χ1v) is 13.5. The Bertz CT molecular complexity index is 1280. The van der Waals surface area contributed by atoms with Gasteiger partial charge in [0, 0.05) is 12.6 Å². The minimum atomic E-state index is -3.84. The Hall–Kier alpha value is -2.91. The van der Waals surface area contributed by atoms with E-state index in [4.69, 9.17) is 14.0 Å². The summed E-state index contributed by atoms with van der Waals surface area (Å²) >= 11 is 0. The Morgan fingerprint density at radius 1 is 0.889 bits per heavy atom. The maximum atomic E-state index is 13.9. The van der Waals surface area contributed by atoms with Crippen LogP contribution in [0.25, 0.3) is 11.4 Å². The monoisotopic (exact) mass is 515 g/mol. The second-order valence-corrected chi connectivity index (χ2v) is 11.8. The van der Waals surface area contributed by atoms with E-state index in [2.05, 4.69) is 24.0 Å². The van der Waals surface area contributed by atoms with Crippen LogP contribution >= 0.6 is 0 Å². The molecular weight excluding hydrogens is 478 g/mol. The maximum Gasteiger partial charge on any atom is 0.243 e. The van der Waals surface area contributed by atoms with Crippen molar-refractivity contribution in [3.05, 3.63) is 52.9 Å². The smallest absolute Gasteiger partial charge is 0.243 e. The van der Waals surface area contributed by atoms with Crippen molar-refractivity contribution in [3.8, 4) is 22.9 Å². The van der Waals surface area contributed by atoms with Gasteiger partial charge in [-0.25, -0.2) is 8.42 Å². The summed E-state index contributed by atoms with van der Waals surface area (Å²) in [6.45, 7) is 12.3. The molecule has 0 aliphatic carbocycles. The fourth-order valence-electron chi connectivity index (χ4n) is 4.03. The standard InChI is InChI=1S/C27H37N3O5S/c1-16(2)20-12-21(17(3)4)26(22(13-20)18(5)6)36(31,32)30(7)15-25-28-27(29-35-25)19-10-11-23(33-8)24(14-19)34-9/h10-14,16-18H,15H2,1-9H3. The van der Waals surface area contributed by atoms with Crippen molar-refractivity contribution in [2.24, 2.45) is 0 Å². The van der Waals surface area contributed by atoms with Crippen LogP contribution in [0, 0.1) is 0 Å². The van der Waals surface area contributed by atoms with Crippen LogP contribution in [0.5, 0.6) is 11.5 Å². The van der Waals surface area contributed by atoms with Gasteiger partial charge in [0.15, 0.2) is 11.5 Å². The molecule has 8 nitrogen and oxygen atoms in total. The van der Waals surface area contributed by atoms with Gasteiger partial charge in [0.25, 0.3) is 0 Å². The molecule has 1 aromatic heterocycles. The summed E-state index contributed by atoms with van der Waals surface area (Å²) in [5.41, 5.74) is 3.46. The summed E-state index contributed by atoms with van der Waals surface area (Å²) < 4.78 is 45.1. The summed E-state index contributed by atoms with van der Waals surface area (Å²) in [5.74, 6) is 2.03. The van der Waals surface area contributed by atoms with Gasteiger partial charge in [0.1, 0.15) is 0 Å². The van der Waals surface area contributed by atoms with Gasteiger partial charge in [-0.1, -0.05) is 58.8 Å². The fourth-order valence-corrected chi connectivity index (χ4v) is 5.81. The Morgan fingerprint density at radius 3 is 1.97 bits per heavy atom. The van der Waals surface area contributed by atoms with E-state index < -0.39 is 10.0 Å². The summed E-state index contributed by atoms with van der Waals surface area (Å²) in [4.78, 5) is 4.80. The molecule has 0 amide bonds. The first kappa shape index (κ1) is 27.7. The second kappa shape index (κ2) is 11.0. The number of benzene rings is 2. The van der Waals surface area contributed by atoms with Gasteiger partial charge < -0.3 is 14.0 Å². The molecule has 0 saturated heterocycles. The van der Waals surface area contributed by atoms with Crippen LogP contribution in [-0.2, 0) is 16.6 Å². The molecule has 1 heterocycles. The number of methoxy groups -OCH3 is 2. The lowest BCUT2D eigenvalue weighted by atomic mass is 9.89. The molecule has 9 heteroatoms. The highest BCUT2D eigenvalue weighted by molar-refractivity contribution is 7.89. The lowest BCUT2D eigenvalue weighted by Crippen LogP contribution is -2.29. The lowest BCUT2D eigenvalue weighted by Gasteiger charge is -2.25. The van der Waals surface area contributed by atoms with E-state index in [-0.39, 0.29) is 24.3 Å². The largest absolute Gasteiger partial charge is 0.493 e. The average molecular weight is 516 g/mol. The molecule has 0 aliphatic heterocycles. The molecule has 0 aliphatic rings. The van der Waals surface area contributed by atoms with Gasteiger partial charge in [-0.2, -0.15) is 9.29 Å². The molecule has 0 atom stereocenters. The Balaban J connectivity index is 1.97. The third-order valence-corrected chi connectivity index (χ3v) is 8.15. The lowest BCUT2D eigenvalue weighted by molar-refractivity contribution is 0.336. The minimum Gasteiger partial charge on any atom is -0.493 e. The van der Waals surface area contributed by atoms with E-state index in [1.54, 1.807) is 39.5 Å². The number of ether oxygens (including phenoxy) is 2. The number of sulfonamides is 1. The minimum absolute atomic E-state index is 0.0411. The van der Waals surface area contributed by atoms with E-state index in [1.165, 1.54) is 4.31 Å². The van der Waals surface area contributed by atoms with Crippen molar-refractivity contribution >= 4 is 10.0 Å². The summed E-state index contributed by atoms with van der Waals surface area (Å²) in [6.07, 6.45) is 0. The highest BCUT2D eigenvalue weighted by atomic mass is 32.2. The van der Waals surface area contributed by atoms with Gasteiger partial charge in [0.2, 0.25) is 21.7 Å². The van der Waals surface area contributed by atoms with Crippen molar-refractivity contribution in [2.75, 3.05) is 21.3 Å². The van der Waals surface area contributed by atoms with Crippen LogP contribution in [0.4, 0.5) is 0 Å². The fraction of sp³-hybridized carbons (Fsp3) is 0.481. The highest BCUT2D eigenvalue weighted by Gasteiger charge is 2.31. The molecule has 2 aromatic carbocycles. The van der Waals surface area contributed by atoms with Crippen molar-refractivity contribution in [2.45, 2.75) is 70.7 Å². The number of nitrogens with zero attached hydrogens (tertiary/aromatic N) is 3. The molecular formula is C27H37N3O5S. The van der Waals surface area contributed by atoms with Gasteiger partial charge in [-0.15, -0.1) is 0 Å². The van der Waals surface area contributed by atoms with Crippen molar-refractivity contribution in [3.63, 3.8) is 0 Å².